The zero-order valence-electron chi connectivity index (χ0n) is 27.3. The van der Waals surface area contributed by atoms with Gasteiger partial charge in [0, 0.05) is 37.3 Å². The average Bonchev–Trinajstić information content (AvgIpc) is 3.46. The monoisotopic (exact) mass is 650 g/mol. The van der Waals surface area contributed by atoms with Crippen LogP contribution in [0.25, 0.3) is 0 Å². The summed E-state index contributed by atoms with van der Waals surface area (Å²) in [6.45, 7) is 6.40. The van der Waals surface area contributed by atoms with E-state index in [4.69, 9.17) is 4.74 Å². The highest BCUT2D eigenvalue weighted by molar-refractivity contribution is 6.38. The lowest BCUT2D eigenvalue weighted by Crippen LogP contribution is -2.57. The van der Waals surface area contributed by atoms with Crippen LogP contribution in [0.1, 0.15) is 64.1 Å². The number of rotatable bonds is 18. The Morgan fingerprint density at radius 2 is 1.64 bits per heavy atom. The number of benzene rings is 1. The van der Waals surface area contributed by atoms with Crippen LogP contribution in [0.4, 0.5) is 4.79 Å². The molecule has 0 saturated carbocycles. The van der Waals surface area contributed by atoms with Gasteiger partial charge in [-0.1, -0.05) is 63.6 Å². The molecule has 1 saturated heterocycles. The maximum atomic E-state index is 13.7. The average molecular weight is 651 g/mol. The number of Topliss-reactive ketones (excluding diaryl/α,β-unsaturated/α-hetero) is 1. The van der Waals surface area contributed by atoms with E-state index in [0.717, 1.165) is 12.0 Å². The van der Waals surface area contributed by atoms with Gasteiger partial charge in [0.15, 0.2) is 0 Å². The molecule has 3 rings (SSSR count). The third-order valence-corrected chi connectivity index (χ3v) is 7.66. The highest BCUT2D eigenvalue weighted by Crippen LogP contribution is 2.18. The van der Waals surface area contributed by atoms with Crippen molar-refractivity contribution in [3.05, 3.63) is 66.0 Å². The van der Waals surface area contributed by atoms with E-state index >= 15 is 0 Å². The fourth-order valence-corrected chi connectivity index (χ4v) is 5.10. The van der Waals surface area contributed by atoms with Crippen LogP contribution in [-0.2, 0) is 41.7 Å². The molecule has 1 aromatic heterocycles. The molecule has 0 spiro atoms. The number of amides is 5. The quantitative estimate of drug-likeness (QED) is 0.120. The number of ether oxygens (including phenoxy) is 1. The number of hydrogen-bond acceptors (Lipinski definition) is 8. The molecule has 1 aliphatic heterocycles. The molecule has 2 heterocycles. The summed E-state index contributed by atoms with van der Waals surface area (Å²) in [7, 11) is 0. The second-order valence-electron chi connectivity index (χ2n) is 12.0. The molecule has 0 unspecified atom stereocenters. The van der Waals surface area contributed by atoms with Crippen LogP contribution >= 0.6 is 0 Å². The minimum absolute atomic E-state index is 0.0105. The number of nitrogens with one attached hydrogen (secondary N) is 5. The van der Waals surface area contributed by atoms with Crippen molar-refractivity contribution >= 4 is 35.5 Å². The Labute approximate surface area is 275 Å². The maximum absolute atomic E-state index is 13.7. The lowest BCUT2D eigenvalue weighted by molar-refractivity contribution is -0.141. The number of carbonyl (C=O) groups is 6. The zero-order valence-corrected chi connectivity index (χ0v) is 27.3. The second-order valence-corrected chi connectivity index (χ2v) is 12.0. The van der Waals surface area contributed by atoms with E-state index < -0.39 is 53.6 Å². The molecule has 0 bridgehead atoms. The summed E-state index contributed by atoms with van der Waals surface area (Å²) in [6, 6.07) is 10.7. The molecular formula is C34H46N6O7. The minimum atomic E-state index is -1.28. The number of nitrogens with zero attached hydrogens (tertiary/aromatic N) is 1. The van der Waals surface area contributed by atoms with Crippen molar-refractivity contribution < 1.29 is 33.5 Å². The Bertz CT molecular complexity index is 1360. The lowest BCUT2D eigenvalue weighted by Gasteiger charge is -2.26. The summed E-state index contributed by atoms with van der Waals surface area (Å²) in [5.41, 5.74) is 1.29. The van der Waals surface area contributed by atoms with E-state index in [1.165, 1.54) is 0 Å². The van der Waals surface area contributed by atoms with Gasteiger partial charge in [-0.2, -0.15) is 0 Å². The topological polar surface area (TPSA) is 185 Å². The lowest BCUT2D eigenvalue weighted by atomic mass is 9.94. The molecule has 1 aliphatic rings. The second kappa shape index (κ2) is 19.0. The third kappa shape index (κ3) is 12.5. The van der Waals surface area contributed by atoms with Crippen molar-refractivity contribution in [3.8, 4) is 0 Å². The Morgan fingerprint density at radius 1 is 0.936 bits per heavy atom. The molecule has 0 aliphatic carbocycles. The first-order valence-electron chi connectivity index (χ1n) is 16.1. The first-order chi connectivity index (χ1) is 22.6. The van der Waals surface area contributed by atoms with Crippen LogP contribution in [0, 0.1) is 11.8 Å². The molecule has 254 valence electrons. The fraction of sp³-hybridized carbons (Fsp3) is 0.500. The normalized spacial score (nSPS) is 15.9. The zero-order chi connectivity index (χ0) is 34.2. The predicted molar refractivity (Wildman–Crippen MR) is 173 cm³/mol. The van der Waals surface area contributed by atoms with Crippen molar-refractivity contribution in [1.29, 1.82) is 0 Å². The van der Waals surface area contributed by atoms with E-state index in [9.17, 15) is 28.8 Å². The van der Waals surface area contributed by atoms with Crippen LogP contribution in [0.2, 0.25) is 0 Å². The van der Waals surface area contributed by atoms with E-state index in [-0.39, 0.29) is 37.7 Å². The molecule has 47 heavy (non-hydrogen) atoms. The number of pyridine rings is 1. The summed E-state index contributed by atoms with van der Waals surface area (Å²) in [6.07, 6.45) is 2.84. The van der Waals surface area contributed by atoms with Gasteiger partial charge in [0.05, 0.1) is 6.04 Å². The Hall–Kier alpha value is -4.81. The summed E-state index contributed by atoms with van der Waals surface area (Å²) in [5.74, 6) is -3.93. The van der Waals surface area contributed by atoms with E-state index in [1.807, 2.05) is 39.0 Å². The van der Waals surface area contributed by atoms with Crippen molar-refractivity contribution in [2.24, 2.45) is 11.8 Å². The minimum Gasteiger partial charge on any atom is -0.445 e. The highest BCUT2D eigenvalue weighted by atomic mass is 16.5. The van der Waals surface area contributed by atoms with E-state index in [1.54, 1.807) is 36.5 Å². The third-order valence-electron chi connectivity index (χ3n) is 7.66. The van der Waals surface area contributed by atoms with Gasteiger partial charge in [0.1, 0.15) is 18.7 Å². The van der Waals surface area contributed by atoms with Crippen molar-refractivity contribution in [2.75, 3.05) is 13.1 Å². The van der Waals surface area contributed by atoms with Crippen LogP contribution in [-0.4, -0.2) is 71.7 Å². The molecule has 13 nitrogen and oxygen atoms in total. The van der Waals surface area contributed by atoms with Crippen LogP contribution < -0.4 is 26.6 Å². The van der Waals surface area contributed by atoms with Gasteiger partial charge >= 0.3 is 6.09 Å². The molecule has 1 aromatic carbocycles. The highest BCUT2D eigenvalue weighted by Gasteiger charge is 2.36. The number of carbonyl (C=O) groups excluding carboxylic acids is 6. The SMILES string of the molecule is CCCCNC(=O)C(=O)[C@H](C[C@@H]1CCNC1=O)NC(=O)[C@H](CC(C)C)NC(=O)[C@H](Cc1ccccn1)NC(=O)OCc1ccccc1. The van der Waals surface area contributed by atoms with Gasteiger partial charge in [0.2, 0.25) is 23.5 Å². The van der Waals surface area contributed by atoms with E-state index in [2.05, 4.69) is 31.6 Å². The van der Waals surface area contributed by atoms with Crippen molar-refractivity contribution in [1.82, 2.24) is 31.6 Å². The number of unbranched alkanes of at least 4 members (excludes halogenated alkanes) is 1. The van der Waals surface area contributed by atoms with Crippen LogP contribution in [0.5, 0.6) is 0 Å². The molecule has 13 heteroatoms. The fourth-order valence-electron chi connectivity index (χ4n) is 5.10. The van der Waals surface area contributed by atoms with Gasteiger partial charge in [0.25, 0.3) is 5.91 Å². The molecule has 5 N–H and O–H groups in total. The number of aromatic nitrogens is 1. The van der Waals surface area contributed by atoms with Gasteiger partial charge in [-0.25, -0.2) is 4.79 Å². The van der Waals surface area contributed by atoms with Crippen molar-refractivity contribution in [3.63, 3.8) is 0 Å². The summed E-state index contributed by atoms with van der Waals surface area (Å²) < 4.78 is 5.33. The van der Waals surface area contributed by atoms with Crippen LogP contribution in [0.3, 0.4) is 0 Å². The van der Waals surface area contributed by atoms with Gasteiger partial charge in [-0.15, -0.1) is 0 Å². The Balaban J connectivity index is 1.76. The summed E-state index contributed by atoms with van der Waals surface area (Å²) in [5, 5.41) is 13.2. The molecule has 2 aromatic rings. The molecule has 1 fully saturated rings. The standard InChI is InChI=1S/C34H46N6O7/c1-4-5-15-36-33(45)29(41)26(19-24-14-17-37-30(24)42)38-31(43)27(18-22(2)3)39-32(44)28(20-25-13-9-10-16-35-25)40-34(46)47-21-23-11-7-6-8-12-23/h6-13,16,22,24,26-28H,4-5,14-15,17-21H2,1-3H3,(H,36,45)(H,37,42)(H,38,43)(H,39,44)(H,40,46)/t24-,26-,27-,28-/m0/s1. The summed E-state index contributed by atoms with van der Waals surface area (Å²) >= 11 is 0. The number of hydrogen-bond donors (Lipinski definition) is 5. The van der Waals surface area contributed by atoms with Crippen molar-refractivity contribution in [2.45, 2.75) is 84.0 Å². The first-order valence-corrected chi connectivity index (χ1v) is 16.1. The van der Waals surface area contributed by atoms with Gasteiger partial charge in [-0.05, 0) is 49.3 Å². The predicted octanol–water partition coefficient (Wildman–Crippen LogP) is 1.95. The molecule has 5 amide bonds. The molecule has 0 radical (unpaired) electrons. The van der Waals surface area contributed by atoms with E-state index in [0.29, 0.717) is 31.6 Å². The van der Waals surface area contributed by atoms with Gasteiger partial charge < -0.3 is 31.3 Å². The smallest absolute Gasteiger partial charge is 0.408 e. The summed E-state index contributed by atoms with van der Waals surface area (Å²) in [4.78, 5) is 82.6. The molecular weight excluding hydrogens is 604 g/mol. The first kappa shape index (κ1) is 36.7. The number of alkyl carbamates (subject to hydrolysis) is 1. The maximum Gasteiger partial charge on any atom is 0.408 e. The van der Waals surface area contributed by atoms with Gasteiger partial charge in [-0.3, -0.25) is 29.0 Å². The molecule has 4 atom stereocenters. The number of ketones is 1. The largest absolute Gasteiger partial charge is 0.445 e. The van der Waals surface area contributed by atoms with Crippen LogP contribution in [0.15, 0.2) is 54.7 Å². The Kier molecular flexibility index (Phi) is 14.8. The Morgan fingerprint density at radius 3 is 2.28 bits per heavy atom.